The zero-order valence-electron chi connectivity index (χ0n) is 10.6. The van der Waals surface area contributed by atoms with Crippen molar-refractivity contribution in [2.24, 2.45) is 5.73 Å². The van der Waals surface area contributed by atoms with E-state index >= 15 is 0 Å². The third kappa shape index (κ3) is 5.10. The summed E-state index contributed by atoms with van der Waals surface area (Å²) in [7, 11) is 0. The van der Waals surface area contributed by atoms with Crippen LogP contribution in [0.1, 0.15) is 44.2 Å². The lowest BCUT2D eigenvalue weighted by molar-refractivity contribution is -0.159. The lowest BCUT2D eigenvalue weighted by Gasteiger charge is -2.10. The van der Waals surface area contributed by atoms with Crippen LogP contribution in [0.4, 0.5) is 0 Å². The third-order valence-electron chi connectivity index (χ3n) is 2.58. The van der Waals surface area contributed by atoms with Crippen LogP contribution in [0, 0.1) is 0 Å². The second-order valence-corrected chi connectivity index (χ2v) is 4.17. The zero-order chi connectivity index (χ0) is 13.4. The summed E-state index contributed by atoms with van der Waals surface area (Å²) in [4.78, 5) is 22.7. The largest absolute Gasteiger partial charge is 0.393 e. The minimum Gasteiger partial charge on any atom is -0.393 e. The van der Waals surface area contributed by atoms with Crippen LogP contribution < -0.4 is 5.73 Å². The first-order valence-corrected chi connectivity index (χ1v) is 6.17. The summed E-state index contributed by atoms with van der Waals surface area (Å²) in [5.41, 5.74) is 6.72. The Balaban J connectivity index is 2.38. The van der Waals surface area contributed by atoms with Crippen molar-refractivity contribution in [2.75, 3.05) is 0 Å². The van der Waals surface area contributed by atoms with E-state index in [0.717, 1.165) is 18.4 Å². The molecule has 0 fully saturated rings. The Morgan fingerprint density at radius 3 is 2.50 bits per heavy atom. The molecule has 1 aromatic carbocycles. The molecule has 0 bridgehead atoms. The Morgan fingerprint density at radius 2 is 1.89 bits per heavy atom. The highest BCUT2D eigenvalue weighted by atomic mass is 16.6. The maximum atomic E-state index is 11.5. The van der Waals surface area contributed by atoms with Crippen LogP contribution >= 0.6 is 0 Å². The van der Waals surface area contributed by atoms with Crippen LogP contribution in [-0.2, 0) is 14.3 Å². The molecule has 0 heterocycles. The van der Waals surface area contributed by atoms with Gasteiger partial charge in [-0.2, -0.15) is 0 Å². The van der Waals surface area contributed by atoms with Crippen LogP contribution in [0.2, 0.25) is 0 Å². The van der Waals surface area contributed by atoms with Gasteiger partial charge in [-0.15, -0.1) is 0 Å². The first kappa shape index (κ1) is 14.4. The molecule has 0 spiro atoms. The summed E-state index contributed by atoms with van der Waals surface area (Å²) in [6.07, 6.45) is 1.92. The van der Waals surface area contributed by atoms with Gasteiger partial charge in [-0.1, -0.05) is 43.7 Å². The van der Waals surface area contributed by atoms with Crippen molar-refractivity contribution < 1.29 is 14.3 Å². The average Bonchev–Trinajstić information content (AvgIpc) is 2.37. The lowest BCUT2D eigenvalue weighted by atomic mass is 10.1. The SMILES string of the molecule is CCCCC(=O)OC(=O)CC(N)c1ccccc1. The van der Waals surface area contributed by atoms with Crippen molar-refractivity contribution in [3.05, 3.63) is 35.9 Å². The topological polar surface area (TPSA) is 69.4 Å². The molecular formula is C14H19NO3. The lowest BCUT2D eigenvalue weighted by Crippen LogP contribution is -2.19. The van der Waals surface area contributed by atoms with Gasteiger partial charge in [0.15, 0.2) is 0 Å². The van der Waals surface area contributed by atoms with Gasteiger partial charge in [0.1, 0.15) is 0 Å². The van der Waals surface area contributed by atoms with Gasteiger partial charge < -0.3 is 10.5 Å². The van der Waals surface area contributed by atoms with E-state index in [1.165, 1.54) is 0 Å². The summed E-state index contributed by atoms with van der Waals surface area (Å²) in [6, 6.07) is 8.84. The van der Waals surface area contributed by atoms with Gasteiger partial charge in [0.25, 0.3) is 0 Å². The van der Waals surface area contributed by atoms with Crippen molar-refractivity contribution in [1.82, 2.24) is 0 Å². The van der Waals surface area contributed by atoms with E-state index in [1.54, 1.807) is 0 Å². The fourth-order valence-electron chi connectivity index (χ4n) is 1.54. The van der Waals surface area contributed by atoms with Gasteiger partial charge in [0.05, 0.1) is 6.42 Å². The van der Waals surface area contributed by atoms with Gasteiger partial charge in [0, 0.05) is 12.5 Å². The van der Waals surface area contributed by atoms with E-state index in [-0.39, 0.29) is 12.8 Å². The van der Waals surface area contributed by atoms with E-state index in [0.29, 0.717) is 0 Å². The molecule has 0 aliphatic carbocycles. The fraction of sp³-hybridized carbons (Fsp3) is 0.429. The van der Waals surface area contributed by atoms with E-state index in [4.69, 9.17) is 5.73 Å². The van der Waals surface area contributed by atoms with Gasteiger partial charge >= 0.3 is 11.9 Å². The molecule has 98 valence electrons. The summed E-state index contributed by atoms with van der Waals surface area (Å²) >= 11 is 0. The molecule has 0 aliphatic rings. The average molecular weight is 249 g/mol. The second-order valence-electron chi connectivity index (χ2n) is 4.17. The number of benzene rings is 1. The molecule has 1 unspecified atom stereocenters. The predicted molar refractivity (Wildman–Crippen MR) is 68.6 cm³/mol. The Hall–Kier alpha value is -1.68. The molecule has 0 saturated carbocycles. The van der Waals surface area contributed by atoms with E-state index in [2.05, 4.69) is 4.74 Å². The maximum absolute atomic E-state index is 11.5. The molecule has 18 heavy (non-hydrogen) atoms. The quantitative estimate of drug-likeness (QED) is 0.620. The normalized spacial score (nSPS) is 11.9. The smallest absolute Gasteiger partial charge is 0.315 e. The summed E-state index contributed by atoms with van der Waals surface area (Å²) in [6.45, 7) is 1.97. The highest BCUT2D eigenvalue weighted by Crippen LogP contribution is 2.14. The van der Waals surface area contributed by atoms with Gasteiger partial charge in [-0.3, -0.25) is 9.59 Å². The third-order valence-corrected chi connectivity index (χ3v) is 2.58. The minimum absolute atomic E-state index is 0.0158. The summed E-state index contributed by atoms with van der Waals surface area (Å²) in [5, 5.41) is 0. The van der Waals surface area contributed by atoms with E-state index in [1.807, 2.05) is 37.3 Å². The van der Waals surface area contributed by atoms with Crippen LogP contribution in [0.5, 0.6) is 0 Å². The van der Waals surface area contributed by atoms with Crippen molar-refractivity contribution in [3.8, 4) is 0 Å². The maximum Gasteiger partial charge on any atom is 0.315 e. The molecule has 1 aromatic rings. The number of hydrogen-bond donors (Lipinski definition) is 1. The van der Waals surface area contributed by atoms with Crippen molar-refractivity contribution in [3.63, 3.8) is 0 Å². The standard InChI is InChI=1S/C14H19NO3/c1-2-3-9-13(16)18-14(17)10-12(15)11-7-5-4-6-8-11/h4-8,12H,2-3,9-10,15H2,1H3. The van der Waals surface area contributed by atoms with Crippen LogP contribution in [0.15, 0.2) is 30.3 Å². The molecule has 4 nitrogen and oxygen atoms in total. The number of carbonyl (C=O) groups excluding carboxylic acids is 2. The Bertz CT molecular complexity index is 389. The molecular weight excluding hydrogens is 230 g/mol. The number of hydrogen-bond acceptors (Lipinski definition) is 4. The van der Waals surface area contributed by atoms with Gasteiger partial charge in [-0.25, -0.2) is 0 Å². The first-order chi connectivity index (χ1) is 8.63. The number of carbonyl (C=O) groups is 2. The Labute approximate surface area is 107 Å². The van der Waals surface area contributed by atoms with E-state index < -0.39 is 18.0 Å². The first-order valence-electron chi connectivity index (χ1n) is 6.17. The number of esters is 2. The van der Waals surface area contributed by atoms with Gasteiger partial charge in [-0.05, 0) is 12.0 Å². The Kier molecular flexibility index (Phi) is 6.08. The number of rotatable bonds is 6. The molecule has 0 radical (unpaired) electrons. The molecule has 1 atom stereocenters. The monoisotopic (exact) mass is 249 g/mol. The molecule has 0 amide bonds. The fourth-order valence-corrected chi connectivity index (χ4v) is 1.54. The second kappa shape index (κ2) is 7.61. The van der Waals surface area contributed by atoms with Crippen molar-refractivity contribution >= 4 is 11.9 Å². The molecule has 0 aliphatic heterocycles. The molecule has 4 heteroatoms. The number of unbranched alkanes of at least 4 members (excludes halogenated alkanes) is 1. The van der Waals surface area contributed by atoms with Crippen LogP contribution in [-0.4, -0.2) is 11.9 Å². The molecule has 1 rings (SSSR count). The molecule has 0 aromatic heterocycles. The zero-order valence-corrected chi connectivity index (χ0v) is 10.6. The number of ether oxygens (including phenoxy) is 1. The summed E-state index contributed by atoms with van der Waals surface area (Å²) in [5.74, 6) is -1.03. The van der Waals surface area contributed by atoms with Crippen molar-refractivity contribution in [2.45, 2.75) is 38.6 Å². The molecule has 2 N–H and O–H groups in total. The Morgan fingerprint density at radius 1 is 1.22 bits per heavy atom. The summed E-state index contributed by atoms with van der Waals surface area (Å²) < 4.78 is 4.69. The highest BCUT2D eigenvalue weighted by Gasteiger charge is 2.15. The molecule has 0 saturated heterocycles. The van der Waals surface area contributed by atoms with Crippen LogP contribution in [0.3, 0.4) is 0 Å². The minimum atomic E-state index is -0.563. The van der Waals surface area contributed by atoms with Gasteiger partial charge in [0.2, 0.25) is 0 Å². The number of nitrogens with two attached hydrogens (primary N) is 1. The van der Waals surface area contributed by atoms with Crippen molar-refractivity contribution in [1.29, 1.82) is 0 Å². The highest BCUT2D eigenvalue weighted by molar-refractivity contribution is 5.85. The van der Waals surface area contributed by atoms with Crippen LogP contribution in [0.25, 0.3) is 0 Å². The predicted octanol–water partition coefficient (Wildman–Crippen LogP) is 2.34. The van der Waals surface area contributed by atoms with E-state index in [9.17, 15) is 9.59 Å².